The van der Waals surface area contributed by atoms with Crippen molar-refractivity contribution < 1.29 is 5.11 Å². The van der Waals surface area contributed by atoms with Crippen molar-refractivity contribution in [3.8, 4) is 0 Å². The van der Waals surface area contributed by atoms with Crippen LogP contribution in [0.25, 0.3) is 6.08 Å². The molecule has 0 aliphatic heterocycles. The van der Waals surface area contributed by atoms with E-state index in [4.69, 9.17) is 11.6 Å². The number of hydrogen-bond acceptors (Lipinski definition) is 1. The molecule has 0 aromatic heterocycles. The monoisotopic (exact) mass is 270 g/mol. The highest BCUT2D eigenvalue weighted by Gasteiger charge is 2.21. The molecular weight excluding hydrogens is 256 g/mol. The Kier molecular flexibility index (Phi) is 3.41. The molecule has 1 aliphatic rings. The van der Waals surface area contributed by atoms with E-state index in [2.05, 4.69) is 12.1 Å². The molecule has 2 aromatic rings. The van der Waals surface area contributed by atoms with Crippen LogP contribution in [0, 0.1) is 0 Å². The van der Waals surface area contributed by atoms with Gasteiger partial charge in [-0.25, -0.2) is 0 Å². The van der Waals surface area contributed by atoms with Crippen LogP contribution in [-0.4, -0.2) is 5.11 Å². The molecule has 0 unspecified atom stereocenters. The van der Waals surface area contributed by atoms with Crippen LogP contribution in [0.4, 0.5) is 0 Å². The summed E-state index contributed by atoms with van der Waals surface area (Å²) < 4.78 is 0. The predicted octanol–water partition coefficient (Wildman–Crippen LogP) is 4.40. The van der Waals surface area contributed by atoms with Gasteiger partial charge in [0.25, 0.3) is 0 Å². The second-order valence-corrected chi connectivity index (χ2v) is 5.31. The molecule has 0 radical (unpaired) electrons. The van der Waals surface area contributed by atoms with E-state index < -0.39 is 6.10 Å². The van der Waals surface area contributed by atoms with Crippen LogP contribution in [0.15, 0.2) is 54.1 Å². The molecule has 1 aliphatic carbocycles. The Labute approximate surface area is 118 Å². The summed E-state index contributed by atoms with van der Waals surface area (Å²) in [7, 11) is 0. The molecule has 3 rings (SSSR count). The van der Waals surface area contributed by atoms with Crippen molar-refractivity contribution in [1.82, 2.24) is 0 Å². The normalized spacial score (nSPS) is 20.3. The van der Waals surface area contributed by atoms with E-state index in [1.807, 2.05) is 42.5 Å². The molecule has 2 aromatic carbocycles. The fraction of sp³-hybridized carbons (Fsp3) is 0.176. The molecule has 0 amide bonds. The van der Waals surface area contributed by atoms with Gasteiger partial charge in [0.2, 0.25) is 0 Å². The summed E-state index contributed by atoms with van der Waals surface area (Å²) in [5, 5.41) is 11.2. The molecule has 0 fully saturated rings. The molecule has 96 valence electrons. The number of hydrogen-bond donors (Lipinski definition) is 1. The Bertz CT molecular complexity index is 613. The van der Waals surface area contributed by atoms with Crippen molar-refractivity contribution in [3.63, 3.8) is 0 Å². The van der Waals surface area contributed by atoms with Crippen LogP contribution < -0.4 is 0 Å². The van der Waals surface area contributed by atoms with Crippen molar-refractivity contribution in [2.45, 2.75) is 18.9 Å². The Morgan fingerprint density at radius 1 is 1.00 bits per heavy atom. The number of aryl methyl sites for hydroxylation is 1. The summed E-state index contributed by atoms with van der Waals surface area (Å²) in [4.78, 5) is 0. The van der Waals surface area contributed by atoms with E-state index in [0.717, 1.165) is 34.6 Å². The van der Waals surface area contributed by atoms with Crippen LogP contribution in [0.3, 0.4) is 0 Å². The third-order valence-corrected chi connectivity index (χ3v) is 3.86. The van der Waals surface area contributed by atoms with Gasteiger partial charge in [0.1, 0.15) is 6.10 Å². The molecule has 0 spiro atoms. The van der Waals surface area contributed by atoms with Crippen molar-refractivity contribution in [2.75, 3.05) is 0 Å². The molecule has 1 atom stereocenters. The third-order valence-electron chi connectivity index (χ3n) is 3.61. The molecule has 2 heteroatoms. The lowest BCUT2D eigenvalue weighted by molar-refractivity contribution is 0.206. The first kappa shape index (κ1) is 12.5. The van der Waals surface area contributed by atoms with Gasteiger partial charge in [-0.3, -0.25) is 0 Å². The number of rotatable bonds is 1. The standard InChI is InChI=1S/C17H15ClO/c18-15-9-5-12(6-10-15)11-14-8-7-13-3-1-2-4-16(13)17(14)19/h1-6,9-11,17,19H,7-8H2/t17-/m0/s1. The van der Waals surface area contributed by atoms with E-state index >= 15 is 0 Å². The summed E-state index contributed by atoms with van der Waals surface area (Å²) in [5.74, 6) is 0. The number of benzene rings is 2. The zero-order valence-electron chi connectivity index (χ0n) is 10.5. The first-order valence-corrected chi connectivity index (χ1v) is 6.84. The average Bonchev–Trinajstić information content (AvgIpc) is 2.45. The summed E-state index contributed by atoms with van der Waals surface area (Å²) in [6.07, 6.45) is 3.48. The highest BCUT2D eigenvalue weighted by atomic mass is 35.5. The Morgan fingerprint density at radius 3 is 2.53 bits per heavy atom. The van der Waals surface area contributed by atoms with E-state index in [1.54, 1.807) is 0 Å². The predicted molar refractivity (Wildman–Crippen MR) is 79.2 cm³/mol. The molecule has 1 nitrogen and oxygen atoms in total. The van der Waals surface area contributed by atoms with E-state index in [9.17, 15) is 5.11 Å². The van der Waals surface area contributed by atoms with Gasteiger partial charge in [0, 0.05) is 5.02 Å². The second-order valence-electron chi connectivity index (χ2n) is 4.87. The van der Waals surface area contributed by atoms with Gasteiger partial charge in [-0.15, -0.1) is 0 Å². The lowest BCUT2D eigenvalue weighted by Gasteiger charge is -2.24. The van der Waals surface area contributed by atoms with Crippen molar-refractivity contribution in [3.05, 3.63) is 75.8 Å². The van der Waals surface area contributed by atoms with Gasteiger partial charge in [-0.05, 0) is 47.2 Å². The number of fused-ring (bicyclic) bond motifs is 1. The molecule has 0 saturated heterocycles. The van der Waals surface area contributed by atoms with Gasteiger partial charge in [-0.2, -0.15) is 0 Å². The van der Waals surface area contributed by atoms with Crippen LogP contribution >= 0.6 is 11.6 Å². The average molecular weight is 271 g/mol. The number of aliphatic hydroxyl groups excluding tert-OH is 1. The third kappa shape index (κ3) is 2.58. The minimum absolute atomic E-state index is 0.486. The zero-order chi connectivity index (χ0) is 13.2. The maximum Gasteiger partial charge on any atom is 0.101 e. The maximum atomic E-state index is 10.4. The van der Waals surface area contributed by atoms with Crippen LogP contribution in [-0.2, 0) is 6.42 Å². The topological polar surface area (TPSA) is 20.2 Å². The number of halogens is 1. The van der Waals surface area contributed by atoms with E-state index in [-0.39, 0.29) is 0 Å². The van der Waals surface area contributed by atoms with E-state index in [1.165, 1.54) is 5.56 Å². The Hall–Kier alpha value is -1.57. The van der Waals surface area contributed by atoms with Gasteiger partial charge < -0.3 is 5.11 Å². The lowest BCUT2D eigenvalue weighted by Crippen LogP contribution is -2.11. The molecule has 19 heavy (non-hydrogen) atoms. The fourth-order valence-electron chi connectivity index (χ4n) is 2.57. The van der Waals surface area contributed by atoms with Crippen LogP contribution in [0.5, 0.6) is 0 Å². The smallest absolute Gasteiger partial charge is 0.101 e. The first-order chi connectivity index (χ1) is 9.24. The minimum Gasteiger partial charge on any atom is -0.384 e. The summed E-state index contributed by atoms with van der Waals surface area (Å²) >= 11 is 5.88. The van der Waals surface area contributed by atoms with Gasteiger partial charge in [-0.1, -0.05) is 54.1 Å². The van der Waals surface area contributed by atoms with Crippen LogP contribution in [0.2, 0.25) is 5.02 Å². The SMILES string of the molecule is O[C@H]1C(=Cc2ccc(Cl)cc2)CCc2ccccc21. The first-order valence-electron chi connectivity index (χ1n) is 6.46. The lowest BCUT2D eigenvalue weighted by atomic mass is 9.85. The zero-order valence-corrected chi connectivity index (χ0v) is 11.3. The summed E-state index contributed by atoms with van der Waals surface area (Å²) in [5.41, 5.74) is 4.44. The van der Waals surface area contributed by atoms with Crippen LogP contribution in [0.1, 0.15) is 29.2 Å². The van der Waals surface area contributed by atoms with Crippen molar-refractivity contribution >= 4 is 17.7 Å². The highest BCUT2D eigenvalue weighted by molar-refractivity contribution is 6.30. The van der Waals surface area contributed by atoms with Crippen molar-refractivity contribution in [2.24, 2.45) is 0 Å². The highest BCUT2D eigenvalue weighted by Crippen LogP contribution is 2.34. The summed E-state index contributed by atoms with van der Waals surface area (Å²) in [6.45, 7) is 0. The minimum atomic E-state index is -0.486. The Morgan fingerprint density at radius 2 is 1.74 bits per heavy atom. The van der Waals surface area contributed by atoms with Gasteiger partial charge >= 0.3 is 0 Å². The molecular formula is C17H15ClO. The molecule has 0 saturated carbocycles. The maximum absolute atomic E-state index is 10.4. The fourth-order valence-corrected chi connectivity index (χ4v) is 2.69. The molecule has 1 N–H and O–H groups in total. The Balaban J connectivity index is 1.93. The number of aliphatic hydroxyl groups is 1. The molecule has 0 heterocycles. The largest absolute Gasteiger partial charge is 0.384 e. The van der Waals surface area contributed by atoms with Crippen molar-refractivity contribution in [1.29, 1.82) is 0 Å². The molecule has 0 bridgehead atoms. The second kappa shape index (κ2) is 5.20. The van der Waals surface area contributed by atoms with Gasteiger partial charge in [0.15, 0.2) is 0 Å². The van der Waals surface area contributed by atoms with E-state index in [0.29, 0.717) is 0 Å². The summed E-state index contributed by atoms with van der Waals surface area (Å²) in [6, 6.07) is 15.8. The van der Waals surface area contributed by atoms with Gasteiger partial charge in [0.05, 0.1) is 0 Å². The quantitative estimate of drug-likeness (QED) is 0.814.